The van der Waals surface area contributed by atoms with Gasteiger partial charge in [-0.2, -0.15) is 0 Å². The number of aliphatic hydroxyl groups is 1. The highest BCUT2D eigenvalue weighted by Crippen LogP contribution is 2.33. The first-order chi connectivity index (χ1) is 9.18. The summed E-state index contributed by atoms with van der Waals surface area (Å²) in [6.07, 6.45) is -1.01. The summed E-state index contributed by atoms with van der Waals surface area (Å²) in [5.41, 5.74) is 1.81. The Hall–Kier alpha value is -1.20. The van der Waals surface area contributed by atoms with Gasteiger partial charge in [0.25, 0.3) is 6.43 Å². The standard InChI is InChI=1S/C14H18F2O3/c15-13(16)9-18-8-6-12(17)11-5-1-3-10-4-2-7-19-14(10)11/h1,3,5,12-13,17H,2,4,6-9H2. The average molecular weight is 272 g/mol. The second-order valence-corrected chi connectivity index (χ2v) is 4.56. The number of fused-ring (bicyclic) bond motifs is 1. The van der Waals surface area contributed by atoms with E-state index < -0.39 is 19.1 Å². The SMILES string of the molecule is OC(CCOCC(F)F)c1cccc2c1OCCC2. The fourth-order valence-electron chi connectivity index (χ4n) is 2.20. The summed E-state index contributed by atoms with van der Waals surface area (Å²) in [6, 6.07) is 5.67. The second kappa shape index (κ2) is 6.82. The Morgan fingerprint density at radius 3 is 3.00 bits per heavy atom. The largest absolute Gasteiger partial charge is 0.493 e. The summed E-state index contributed by atoms with van der Waals surface area (Å²) >= 11 is 0. The van der Waals surface area contributed by atoms with Gasteiger partial charge in [-0.15, -0.1) is 0 Å². The van der Waals surface area contributed by atoms with Crippen LogP contribution in [0.15, 0.2) is 18.2 Å². The van der Waals surface area contributed by atoms with Gasteiger partial charge in [-0.25, -0.2) is 8.78 Å². The van der Waals surface area contributed by atoms with Crippen molar-refractivity contribution in [1.29, 1.82) is 0 Å². The van der Waals surface area contributed by atoms with E-state index >= 15 is 0 Å². The number of alkyl halides is 2. The quantitative estimate of drug-likeness (QED) is 0.809. The zero-order valence-electron chi connectivity index (χ0n) is 10.6. The molecule has 0 bridgehead atoms. The molecule has 1 aromatic rings. The summed E-state index contributed by atoms with van der Waals surface area (Å²) in [7, 11) is 0. The number of halogens is 2. The Morgan fingerprint density at radius 1 is 1.37 bits per heavy atom. The molecular formula is C14H18F2O3. The molecule has 2 rings (SSSR count). The van der Waals surface area contributed by atoms with E-state index in [2.05, 4.69) is 0 Å². The minimum atomic E-state index is -2.47. The van der Waals surface area contributed by atoms with Gasteiger partial charge in [0.15, 0.2) is 0 Å². The maximum atomic E-state index is 11.9. The molecule has 0 radical (unpaired) electrons. The van der Waals surface area contributed by atoms with Crippen LogP contribution in [0.1, 0.15) is 30.1 Å². The molecule has 1 aliphatic rings. The van der Waals surface area contributed by atoms with Crippen LogP contribution >= 0.6 is 0 Å². The van der Waals surface area contributed by atoms with Crippen LogP contribution < -0.4 is 4.74 Å². The molecule has 3 nitrogen and oxygen atoms in total. The Bertz CT molecular complexity index is 410. The molecule has 1 heterocycles. The first-order valence-corrected chi connectivity index (χ1v) is 6.47. The third-order valence-corrected chi connectivity index (χ3v) is 3.10. The lowest BCUT2D eigenvalue weighted by molar-refractivity contribution is 0.00450. The predicted octanol–water partition coefficient (Wildman–Crippen LogP) is 2.72. The monoisotopic (exact) mass is 272 g/mol. The topological polar surface area (TPSA) is 38.7 Å². The van der Waals surface area contributed by atoms with Crippen molar-refractivity contribution in [2.24, 2.45) is 0 Å². The van der Waals surface area contributed by atoms with Crippen molar-refractivity contribution >= 4 is 0 Å². The molecule has 0 saturated heterocycles. The predicted molar refractivity (Wildman–Crippen MR) is 66.7 cm³/mol. The zero-order valence-corrected chi connectivity index (χ0v) is 10.6. The van der Waals surface area contributed by atoms with E-state index in [1.165, 1.54) is 0 Å². The fourth-order valence-corrected chi connectivity index (χ4v) is 2.20. The van der Waals surface area contributed by atoms with Gasteiger partial charge < -0.3 is 14.6 Å². The van der Waals surface area contributed by atoms with Crippen LogP contribution in [0.2, 0.25) is 0 Å². The number of para-hydroxylation sites is 1. The van der Waals surface area contributed by atoms with Crippen LogP contribution in [0, 0.1) is 0 Å². The molecule has 1 unspecified atom stereocenters. The highest BCUT2D eigenvalue weighted by atomic mass is 19.3. The molecule has 19 heavy (non-hydrogen) atoms. The maximum Gasteiger partial charge on any atom is 0.261 e. The molecule has 0 fully saturated rings. The molecule has 1 N–H and O–H groups in total. The molecule has 1 atom stereocenters. The Balaban J connectivity index is 1.93. The van der Waals surface area contributed by atoms with Gasteiger partial charge in [0.05, 0.1) is 12.7 Å². The summed E-state index contributed by atoms with van der Waals surface area (Å²) < 4.78 is 34.2. The number of aryl methyl sites for hydroxylation is 1. The lowest BCUT2D eigenvalue weighted by Crippen LogP contribution is -2.13. The van der Waals surface area contributed by atoms with E-state index in [0.717, 1.165) is 29.7 Å². The van der Waals surface area contributed by atoms with E-state index in [4.69, 9.17) is 9.47 Å². The molecule has 0 amide bonds. The number of rotatable bonds is 6. The van der Waals surface area contributed by atoms with Gasteiger partial charge in [0.2, 0.25) is 0 Å². The minimum Gasteiger partial charge on any atom is -0.493 e. The Kier molecular flexibility index (Phi) is 5.10. The molecule has 5 heteroatoms. The fraction of sp³-hybridized carbons (Fsp3) is 0.571. The average Bonchev–Trinajstić information content (AvgIpc) is 2.42. The van der Waals surface area contributed by atoms with Crippen LogP contribution in [0.4, 0.5) is 8.78 Å². The van der Waals surface area contributed by atoms with Crippen molar-refractivity contribution in [3.8, 4) is 5.75 Å². The normalized spacial score (nSPS) is 16.0. The first-order valence-electron chi connectivity index (χ1n) is 6.47. The van der Waals surface area contributed by atoms with Gasteiger partial charge in [-0.05, 0) is 18.4 Å². The summed E-state index contributed by atoms with van der Waals surface area (Å²) in [5.74, 6) is 0.745. The van der Waals surface area contributed by atoms with Gasteiger partial charge in [0.1, 0.15) is 12.4 Å². The van der Waals surface area contributed by atoms with E-state index in [0.29, 0.717) is 6.61 Å². The molecule has 0 aliphatic carbocycles. The summed E-state index contributed by atoms with van der Waals surface area (Å²) in [4.78, 5) is 0. The van der Waals surface area contributed by atoms with E-state index in [1.54, 1.807) is 0 Å². The number of hydrogen-bond donors (Lipinski definition) is 1. The lowest BCUT2D eigenvalue weighted by Gasteiger charge is -2.22. The lowest BCUT2D eigenvalue weighted by atomic mass is 9.98. The Morgan fingerprint density at radius 2 is 2.21 bits per heavy atom. The number of aliphatic hydroxyl groups excluding tert-OH is 1. The first kappa shape index (κ1) is 14.2. The van der Waals surface area contributed by atoms with Crippen LogP contribution in [0.3, 0.4) is 0 Å². The smallest absolute Gasteiger partial charge is 0.261 e. The van der Waals surface area contributed by atoms with Crippen LogP contribution in [0.25, 0.3) is 0 Å². The maximum absolute atomic E-state index is 11.9. The van der Waals surface area contributed by atoms with Crippen molar-refractivity contribution < 1.29 is 23.4 Å². The van der Waals surface area contributed by atoms with Gasteiger partial charge in [-0.1, -0.05) is 18.2 Å². The number of ether oxygens (including phenoxy) is 2. The molecule has 0 saturated carbocycles. The van der Waals surface area contributed by atoms with E-state index in [-0.39, 0.29) is 13.0 Å². The third-order valence-electron chi connectivity index (χ3n) is 3.10. The second-order valence-electron chi connectivity index (χ2n) is 4.56. The van der Waals surface area contributed by atoms with Gasteiger partial charge in [0, 0.05) is 18.6 Å². The van der Waals surface area contributed by atoms with Crippen LogP contribution in [-0.2, 0) is 11.2 Å². The van der Waals surface area contributed by atoms with Crippen molar-refractivity contribution in [3.63, 3.8) is 0 Å². The van der Waals surface area contributed by atoms with Crippen molar-refractivity contribution in [1.82, 2.24) is 0 Å². The van der Waals surface area contributed by atoms with Crippen molar-refractivity contribution in [3.05, 3.63) is 29.3 Å². The van der Waals surface area contributed by atoms with Gasteiger partial charge in [-0.3, -0.25) is 0 Å². The number of hydrogen-bond acceptors (Lipinski definition) is 3. The van der Waals surface area contributed by atoms with E-state index in [1.807, 2.05) is 18.2 Å². The van der Waals surface area contributed by atoms with Crippen LogP contribution in [-0.4, -0.2) is 31.4 Å². The summed E-state index contributed by atoms with van der Waals surface area (Å²) in [5, 5.41) is 10.1. The van der Waals surface area contributed by atoms with Crippen LogP contribution in [0.5, 0.6) is 5.75 Å². The molecule has 0 aromatic heterocycles. The molecule has 0 spiro atoms. The molecular weight excluding hydrogens is 254 g/mol. The van der Waals surface area contributed by atoms with Gasteiger partial charge >= 0.3 is 0 Å². The highest BCUT2D eigenvalue weighted by Gasteiger charge is 2.19. The van der Waals surface area contributed by atoms with Crippen molar-refractivity contribution in [2.75, 3.05) is 19.8 Å². The summed E-state index contributed by atoms with van der Waals surface area (Å²) in [6.45, 7) is 0.171. The zero-order chi connectivity index (χ0) is 13.7. The number of benzene rings is 1. The van der Waals surface area contributed by atoms with Crippen molar-refractivity contribution in [2.45, 2.75) is 31.8 Å². The molecule has 106 valence electrons. The molecule has 1 aromatic carbocycles. The minimum absolute atomic E-state index is 0.106. The third kappa shape index (κ3) is 3.88. The van der Waals surface area contributed by atoms with E-state index in [9.17, 15) is 13.9 Å². The highest BCUT2D eigenvalue weighted by molar-refractivity contribution is 5.43. The molecule has 1 aliphatic heterocycles. The Labute approximate surface area is 111 Å².